The Hall–Kier alpha value is -3.88. The topological polar surface area (TPSA) is 108 Å². The predicted octanol–water partition coefficient (Wildman–Crippen LogP) is 5.59. The van der Waals surface area contributed by atoms with Crippen LogP contribution >= 0.6 is 11.6 Å². The Bertz CT molecular complexity index is 1320. The van der Waals surface area contributed by atoms with Crippen molar-refractivity contribution >= 4 is 35.2 Å². The van der Waals surface area contributed by atoms with Crippen LogP contribution in [-0.2, 0) is 20.7 Å². The summed E-state index contributed by atoms with van der Waals surface area (Å²) >= 11 is 6.40. The summed E-state index contributed by atoms with van der Waals surface area (Å²) < 4.78 is 5.44. The zero-order valence-corrected chi connectivity index (χ0v) is 24.9. The number of nitrogens with one attached hydrogen (secondary N) is 2. The molecule has 0 aliphatic rings. The van der Waals surface area contributed by atoms with Gasteiger partial charge in [0.25, 0.3) is 5.91 Å². The first-order valence-electron chi connectivity index (χ1n) is 13.5. The molecule has 0 aliphatic carbocycles. The fourth-order valence-corrected chi connectivity index (χ4v) is 4.65. The van der Waals surface area contributed by atoms with E-state index in [2.05, 4.69) is 10.6 Å². The molecule has 2 unspecified atom stereocenters. The van der Waals surface area contributed by atoms with Crippen molar-refractivity contribution in [3.63, 3.8) is 0 Å². The zero-order valence-electron chi connectivity index (χ0n) is 24.1. The smallest absolute Gasteiger partial charge is 0.408 e. The lowest BCUT2D eigenvalue weighted by Gasteiger charge is -2.34. The molecule has 3 rings (SSSR count). The van der Waals surface area contributed by atoms with Gasteiger partial charge in [-0.3, -0.25) is 9.59 Å². The van der Waals surface area contributed by atoms with E-state index < -0.39 is 42.2 Å². The molecule has 3 amide bonds. The number of benzene rings is 3. The molecule has 0 aromatic heterocycles. The Morgan fingerprint density at radius 3 is 2.20 bits per heavy atom. The molecule has 0 radical (unpaired) electrons. The number of halogens is 1. The van der Waals surface area contributed by atoms with E-state index in [-0.39, 0.29) is 13.0 Å². The van der Waals surface area contributed by atoms with E-state index in [1.165, 1.54) is 4.90 Å². The summed E-state index contributed by atoms with van der Waals surface area (Å²) in [6, 6.07) is 19.5. The van der Waals surface area contributed by atoms with Gasteiger partial charge in [0.15, 0.2) is 0 Å². The van der Waals surface area contributed by atoms with Crippen LogP contribution in [-0.4, -0.2) is 52.7 Å². The maximum Gasteiger partial charge on any atom is 0.408 e. The number of aliphatic hydroxyl groups excluding tert-OH is 1. The second kappa shape index (κ2) is 14.1. The first-order chi connectivity index (χ1) is 19.4. The fourth-order valence-electron chi connectivity index (χ4n) is 4.38. The van der Waals surface area contributed by atoms with E-state index in [1.807, 2.05) is 62.4 Å². The highest BCUT2D eigenvalue weighted by molar-refractivity contribution is 6.34. The molecule has 3 N–H and O–H groups in total. The summed E-state index contributed by atoms with van der Waals surface area (Å²) in [4.78, 5) is 42.3. The van der Waals surface area contributed by atoms with E-state index in [0.29, 0.717) is 16.3 Å². The first-order valence-corrected chi connectivity index (χ1v) is 13.8. The van der Waals surface area contributed by atoms with Crippen LogP contribution in [0.25, 0.3) is 0 Å². The molecule has 41 heavy (non-hydrogen) atoms. The number of amides is 3. The molecule has 218 valence electrons. The van der Waals surface area contributed by atoms with E-state index in [1.54, 1.807) is 45.0 Å². The lowest BCUT2D eigenvalue weighted by molar-refractivity contribution is -0.141. The van der Waals surface area contributed by atoms with E-state index in [4.69, 9.17) is 16.3 Å². The average Bonchev–Trinajstić information content (AvgIpc) is 2.90. The average molecular weight is 580 g/mol. The van der Waals surface area contributed by atoms with Crippen LogP contribution in [0.3, 0.4) is 0 Å². The lowest BCUT2D eigenvalue weighted by Crippen LogP contribution is -2.53. The third-order valence-electron chi connectivity index (χ3n) is 6.32. The summed E-state index contributed by atoms with van der Waals surface area (Å²) in [5.74, 6) is -1.06. The quantitative estimate of drug-likeness (QED) is 0.290. The van der Waals surface area contributed by atoms with Gasteiger partial charge in [-0.2, -0.15) is 0 Å². The molecule has 0 aliphatic heterocycles. The zero-order chi connectivity index (χ0) is 30.2. The standard InChI is InChI=1S/C32H38ClN3O5/c1-21-14-16-24(17-15-21)28(29(38)35-27-22(2)10-9-13-25(27)33)36(18-19-37)30(39)26(20-23-11-7-6-8-12-23)34-31(40)41-32(3,4)5/h6-17,26,28,37H,18-20H2,1-5H3,(H,34,40)(H,35,38). The minimum Gasteiger partial charge on any atom is -0.444 e. The van der Waals surface area contributed by atoms with Gasteiger partial charge in [0, 0.05) is 13.0 Å². The van der Waals surface area contributed by atoms with Gasteiger partial charge in [-0.25, -0.2) is 4.79 Å². The number of rotatable bonds is 10. The molecule has 0 spiro atoms. The highest BCUT2D eigenvalue weighted by Gasteiger charge is 2.36. The molecule has 3 aromatic carbocycles. The second-order valence-corrected chi connectivity index (χ2v) is 11.3. The lowest BCUT2D eigenvalue weighted by atomic mass is 9.99. The van der Waals surface area contributed by atoms with E-state index in [9.17, 15) is 19.5 Å². The number of carbonyl (C=O) groups excluding carboxylic acids is 3. The van der Waals surface area contributed by atoms with Crippen molar-refractivity contribution < 1.29 is 24.2 Å². The van der Waals surface area contributed by atoms with E-state index in [0.717, 1.165) is 16.7 Å². The maximum absolute atomic E-state index is 14.2. The number of hydrogen-bond donors (Lipinski definition) is 3. The number of hydrogen-bond acceptors (Lipinski definition) is 5. The molecule has 2 atom stereocenters. The summed E-state index contributed by atoms with van der Waals surface area (Å²) in [5.41, 5.74) is 2.71. The van der Waals surface area contributed by atoms with Crippen LogP contribution in [0.1, 0.15) is 49.1 Å². The Morgan fingerprint density at radius 1 is 0.951 bits per heavy atom. The van der Waals surface area contributed by atoms with Gasteiger partial charge in [-0.1, -0.05) is 83.9 Å². The van der Waals surface area contributed by atoms with Crippen LogP contribution in [0.2, 0.25) is 5.02 Å². The Kier molecular flexibility index (Phi) is 10.9. The number of alkyl carbamates (subject to hydrolysis) is 1. The highest BCUT2D eigenvalue weighted by Crippen LogP contribution is 2.29. The summed E-state index contributed by atoms with van der Waals surface area (Å²) in [7, 11) is 0. The van der Waals surface area contributed by atoms with E-state index >= 15 is 0 Å². The molecule has 0 bridgehead atoms. The molecular weight excluding hydrogens is 542 g/mol. The number of anilines is 1. The van der Waals surface area contributed by atoms with Crippen LogP contribution < -0.4 is 10.6 Å². The predicted molar refractivity (Wildman–Crippen MR) is 161 cm³/mol. The number of ether oxygens (including phenoxy) is 1. The minimum absolute atomic E-state index is 0.146. The van der Waals surface area contributed by atoms with Gasteiger partial charge in [0.05, 0.1) is 17.3 Å². The van der Waals surface area contributed by atoms with Gasteiger partial charge >= 0.3 is 6.09 Å². The normalized spacial score (nSPS) is 12.7. The summed E-state index contributed by atoms with van der Waals surface area (Å²) in [5, 5.41) is 16.0. The summed E-state index contributed by atoms with van der Waals surface area (Å²) in [6.45, 7) is 8.36. The van der Waals surface area contributed by atoms with Crippen LogP contribution in [0, 0.1) is 13.8 Å². The van der Waals surface area contributed by atoms with Gasteiger partial charge in [0.2, 0.25) is 5.91 Å². The van der Waals surface area contributed by atoms with Crippen molar-refractivity contribution in [2.24, 2.45) is 0 Å². The number of aryl methyl sites for hydroxylation is 2. The minimum atomic E-state index is -1.13. The van der Waals surface area contributed by atoms with Crippen LogP contribution in [0.15, 0.2) is 72.8 Å². The van der Waals surface area contributed by atoms with Crippen molar-refractivity contribution in [2.75, 3.05) is 18.5 Å². The van der Waals surface area contributed by atoms with Gasteiger partial charge in [-0.05, 0) is 57.4 Å². The number of nitrogens with zero attached hydrogens (tertiary/aromatic N) is 1. The van der Waals surface area contributed by atoms with Crippen molar-refractivity contribution in [2.45, 2.75) is 58.7 Å². The van der Waals surface area contributed by atoms with Gasteiger partial charge < -0.3 is 25.4 Å². The monoisotopic (exact) mass is 579 g/mol. The Labute approximate surface area is 246 Å². The van der Waals surface area contributed by atoms with Crippen LogP contribution in [0.4, 0.5) is 10.5 Å². The van der Waals surface area contributed by atoms with Crippen molar-refractivity contribution in [1.82, 2.24) is 10.2 Å². The molecule has 0 heterocycles. The Morgan fingerprint density at radius 2 is 1.61 bits per heavy atom. The molecule has 0 saturated heterocycles. The molecule has 8 nitrogen and oxygen atoms in total. The number of carbonyl (C=O) groups is 3. The largest absolute Gasteiger partial charge is 0.444 e. The molecule has 9 heteroatoms. The van der Waals surface area contributed by atoms with Crippen molar-refractivity contribution in [3.8, 4) is 0 Å². The summed E-state index contributed by atoms with van der Waals surface area (Å²) in [6.07, 6.45) is -0.619. The van der Waals surface area contributed by atoms with Crippen molar-refractivity contribution in [1.29, 1.82) is 0 Å². The SMILES string of the molecule is Cc1ccc(C(C(=O)Nc2c(C)cccc2Cl)N(CCO)C(=O)C(Cc2ccccc2)NC(=O)OC(C)(C)C)cc1. The molecule has 3 aromatic rings. The number of aliphatic hydroxyl groups is 1. The molecule has 0 saturated carbocycles. The van der Waals surface area contributed by atoms with Crippen LogP contribution in [0.5, 0.6) is 0 Å². The molecular formula is C32H38ClN3O5. The highest BCUT2D eigenvalue weighted by atomic mass is 35.5. The second-order valence-electron chi connectivity index (χ2n) is 10.9. The number of para-hydroxylation sites is 1. The van der Waals surface area contributed by atoms with Crippen molar-refractivity contribution in [3.05, 3.63) is 100 Å². The molecule has 0 fully saturated rings. The first kappa shape index (κ1) is 31.6. The maximum atomic E-state index is 14.2. The Balaban J connectivity index is 2.05. The fraction of sp³-hybridized carbons (Fsp3) is 0.344. The van der Waals surface area contributed by atoms with Gasteiger partial charge in [-0.15, -0.1) is 0 Å². The third-order valence-corrected chi connectivity index (χ3v) is 6.63. The third kappa shape index (κ3) is 9.06. The van der Waals surface area contributed by atoms with Gasteiger partial charge in [0.1, 0.15) is 17.7 Å².